The van der Waals surface area contributed by atoms with Crippen LogP contribution >= 0.6 is 0 Å². The molecule has 1 rings (SSSR count). The zero-order valence-corrected chi connectivity index (χ0v) is 13.7. The molecule has 0 aliphatic heterocycles. The molecular weight excluding hydrogens is 268 g/mol. The number of carbonyl (C=O) groups excluding carboxylic acids is 1. The van der Waals surface area contributed by atoms with Crippen molar-refractivity contribution in [3.05, 3.63) is 23.4 Å². The number of anilines is 1. The Morgan fingerprint density at radius 2 is 1.90 bits per heavy atom. The lowest BCUT2D eigenvalue weighted by molar-refractivity contribution is 0.0820. The van der Waals surface area contributed by atoms with Crippen molar-refractivity contribution in [3.8, 4) is 0 Å². The fraction of sp³-hybridized carbons (Fsp3) is 0.600. The number of nitrogen functional groups attached to an aromatic ring is 1. The second kappa shape index (κ2) is 6.41. The first-order chi connectivity index (χ1) is 9.59. The molecule has 1 heterocycles. The summed E-state index contributed by atoms with van der Waals surface area (Å²) >= 11 is 0. The predicted octanol–water partition coefficient (Wildman–Crippen LogP) is 1.82. The molecule has 1 amide bonds. The smallest absolute Gasteiger partial charge is 0.251 e. The van der Waals surface area contributed by atoms with Crippen molar-refractivity contribution < 1.29 is 9.53 Å². The summed E-state index contributed by atoms with van der Waals surface area (Å²) in [5.41, 5.74) is 3.20. The third kappa shape index (κ3) is 4.99. The highest BCUT2D eigenvalue weighted by atomic mass is 16.5. The van der Waals surface area contributed by atoms with Crippen LogP contribution in [0.5, 0.6) is 0 Å². The summed E-state index contributed by atoms with van der Waals surface area (Å²) in [5, 5.41) is 2.94. The quantitative estimate of drug-likeness (QED) is 0.569. The van der Waals surface area contributed by atoms with Crippen LogP contribution < -0.4 is 16.6 Å². The number of rotatable bonds is 5. The molecule has 0 unspecified atom stereocenters. The molecular formula is C15H26N4O2. The minimum Gasteiger partial charge on any atom is -0.382 e. The maximum Gasteiger partial charge on any atom is 0.251 e. The van der Waals surface area contributed by atoms with Gasteiger partial charge in [0.15, 0.2) is 0 Å². The standard InChI is InChI=1S/C15H26N4O2/c1-14(2,3)11-7-10(8-12(17-11)19-16)13(20)18-15(4,5)9-21-6/h7-8H,9,16H2,1-6H3,(H,17,19)(H,18,20). The van der Waals surface area contributed by atoms with Crippen LogP contribution in [-0.2, 0) is 10.2 Å². The molecule has 4 N–H and O–H groups in total. The molecule has 1 aromatic heterocycles. The highest BCUT2D eigenvalue weighted by molar-refractivity contribution is 5.95. The van der Waals surface area contributed by atoms with E-state index in [9.17, 15) is 4.79 Å². The summed E-state index contributed by atoms with van der Waals surface area (Å²) in [4.78, 5) is 16.8. The Morgan fingerprint density at radius 3 is 2.38 bits per heavy atom. The van der Waals surface area contributed by atoms with Gasteiger partial charge >= 0.3 is 0 Å². The number of pyridine rings is 1. The average Bonchev–Trinajstić information content (AvgIpc) is 2.36. The second-order valence-electron chi connectivity index (χ2n) is 6.79. The number of nitrogens with two attached hydrogens (primary N) is 1. The first kappa shape index (κ1) is 17.4. The maximum atomic E-state index is 12.4. The number of methoxy groups -OCH3 is 1. The van der Waals surface area contributed by atoms with E-state index in [0.29, 0.717) is 18.0 Å². The lowest BCUT2D eigenvalue weighted by Crippen LogP contribution is -2.46. The van der Waals surface area contributed by atoms with Crippen molar-refractivity contribution in [3.63, 3.8) is 0 Å². The SMILES string of the molecule is COCC(C)(C)NC(=O)c1cc(NN)nc(C(C)(C)C)c1. The lowest BCUT2D eigenvalue weighted by atomic mass is 9.90. The first-order valence-corrected chi connectivity index (χ1v) is 6.90. The molecule has 21 heavy (non-hydrogen) atoms. The van der Waals surface area contributed by atoms with Crippen molar-refractivity contribution in [2.75, 3.05) is 19.1 Å². The Morgan fingerprint density at radius 1 is 1.29 bits per heavy atom. The summed E-state index contributed by atoms with van der Waals surface area (Å²) in [5.74, 6) is 5.73. The topological polar surface area (TPSA) is 89.3 Å². The number of carbonyl (C=O) groups is 1. The highest BCUT2D eigenvalue weighted by Gasteiger charge is 2.23. The van der Waals surface area contributed by atoms with Gasteiger partial charge in [-0.2, -0.15) is 0 Å². The Bertz CT molecular complexity index is 507. The molecule has 0 aliphatic rings. The number of aromatic nitrogens is 1. The molecule has 118 valence electrons. The van der Waals surface area contributed by atoms with Crippen molar-refractivity contribution in [2.45, 2.75) is 45.6 Å². The van der Waals surface area contributed by atoms with E-state index >= 15 is 0 Å². The van der Waals surface area contributed by atoms with Crippen LogP contribution in [0.2, 0.25) is 0 Å². The van der Waals surface area contributed by atoms with E-state index in [4.69, 9.17) is 10.6 Å². The normalized spacial score (nSPS) is 12.1. The summed E-state index contributed by atoms with van der Waals surface area (Å²) in [7, 11) is 1.61. The largest absolute Gasteiger partial charge is 0.382 e. The number of nitrogens with zero attached hydrogens (tertiary/aromatic N) is 1. The van der Waals surface area contributed by atoms with Gasteiger partial charge in [-0.3, -0.25) is 4.79 Å². The van der Waals surface area contributed by atoms with Crippen molar-refractivity contribution in [2.24, 2.45) is 5.84 Å². The fourth-order valence-corrected chi connectivity index (χ4v) is 1.90. The number of hydrogen-bond acceptors (Lipinski definition) is 5. The van der Waals surface area contributed by atoms with Gasteiger partial charge in [0.05, 0.1) is 12.1 Å². The van der Waals surface area contributed by atoms with Crippen molar-refractivity contribution >= 4 is 11.7 Å². The fourth-order valence-electron chi connectivity index (χ4n) is 1.90. The predicted molar refractivity (Wildman–Crippen MR) is 84.2 cm³/mol. The molecule has 0 radical (unpaired) electrons. The third-order valence-electron chi connectivity index (χ3n) is 2.96. The van der Waals surface area contributed by atoms with Crippen LogP contribution in [0, 0.1) is 0 Å². The van der Waals surface area contributed by atoms with E-state index in [1.807, 2.05) is 34.6 Å². The Kier molecular flexibility index (Phi) is 5.31. The van der Waals surface area contributed by atoms with Gasteiger partial charge in [0.2, 0.25) is 0 Å². The van der Waals surface area contributed by atoms with Crippen LogP contribution in [0.1, 0.15) is 50.7 Å². The number of hydrazine groups is 1. The number of amides is 1. The lowest BCUT2D eigenvalue weighted by Gasteiger charge is -2.26. The molecule has 0 bridgehead atoms. The highest BCUT2D eigenvalue weighted by Crippen LogP contribution is 2.23. The van der Waals surface area contributed by atoms with E-state index < -0.39 is 5.54 Å². The van der Waals surface area contributed by atoms with Gasteiger partial charge < -0.3 is 15.5 Å². The van der Waals surface area contributed by atoms with Crippen molar-refractivity contribution in [1.29, 1.82) is 0 Å². The third-order valence-corrected chi connectivity index (χ3v) is 2.96. The monoisotopic (exact) mass is 294 g/mol. The molecule has 0 atom stereocenters. The van der Waals surface area contributed by atoms with E-state index in [1.165, 1.54) is 0 Å². The Hall–Kier alpha value is -1.66. The van der Waals surface area contributed by atoms with E-state index in [2.05, 4.69) is 15.7 Å². The zero-order chi connectivity index (χ0) is 16.3. The molecule has 1 aromatic rings. The molecule has 0 aromatic carbocycles. The van der Waals surface area contributed by atoms with Gasteiger partial charge in [0, 0.05) is 23.8 Å². The van der Waals surface area contributed by atoms with Gasteiger partial charge in [-0.05, 0) is 26.0 Å². The summed E-state index contributed by atoms with van der Waals surface area (Å²) in [6.07, 6.45) is 0. The second-order valence-corrected chi connectivity index (χ2v) is 6.79. The molecule has 6 nitrogen and oxygen atoms in total. The van der Waals surface area contributed by atoms with Crippen LogP contribution in [0.25, 0.3) is 0 Å². The zero-order valence-electron chi connectivity index (χ0n) is 13.7. The van der Waals surface area contributed by atoms with E-state index in [0.717, 1.165) is 5.69 Å². The van der Waals surface area contributed by atoms with Crippen LogP contribution in [0.15, 0.2) is 12.1 Å². The van der Waals surface area contributed by atoms with E-state index in [1.54, 1.807) is 19.2 Å². The molecule has 0 saturated heterocycles. The first-order valence-electron chi connectivity index (χ1n) is 6.90. The van der Waals surface area contributed by atoms with Gasteiger partial charge in [-0.25, -0.2) is 10.8 Å². The van der Waals surface area contributed by atoms with Crippen LogP contribution in [-0.4, -0.2) is 30.1 Å². The molecule has 0 aliphatic carbocycles. The number of hydrogen-bond donors (Lipinski definition) is 3. The Balaban J connectivity index is 3.09. The minimum absolute atomic E-state index is 0.177. The molecule has 0 spiro atoms. The van der Waals surface area contributed by atoms with Gasteiger partial charge in [-0.15, -0.1) is 0 Å². The van der Waals surface area contributed by atoms with Gasteiger partial charge in [0.25, 0.3) is 5.91 Å². The van der Waals surface area contributed by atoms with Crippen LogP contribution in [0.3, 0.4) is 0 Å². The summed E-state index contributed by atoms with van der Waals surface area (Å²) in [6, 6.07) is 3.42. The van der Waals surface area contributed by atoms with Gasteiger partial charge in [0.1, 0.15) is 5.82 Å². The molecule has 0 fully saturated rings. The minimum atomic E-state index is -0.451. The maximum absolute atomic E-state index is 12.4. The summed E-state index contributed by atoms with van der Waals surface area (Å²) < 4.78 is 5.11. The summed E-state index contributed by atoms with van der Waals surface area (Å²) in [6.45, 7) is 10.3. The average molecular weight is 294 g/mol. The van der Waals surface area contributed by atoms with E-state index in [-0.39, 0.29) is 11.3 Å². The van der Waals surface area contributed by atoms with Gasteiger partial charge in [-0.1, -0.05) is 20.8 Å². The molecule has 6 heteroatoms. The van der Waals surface area contributed by atoms with Crippen molar-refractivity contribution in [1.82, 2.24) is 10.3 Å². The molecule has 0 saturated carbocycles. The number of nitrogens with one attached hydrogen (secondary N) is 2. The Labute approximate surface area is 126 Å². The van der Waals surface area contributed by atoms with Crippen LogP contribution in [0.4, 0.5) is 5.82 Å². The number of ether oxygens (including phenoxy) is 1.